The zero-order chi connectivity index (χ0) is 25.9. The molecule has 1 amide bonds. The van der Waals surface area contributed by atoms with E-state index in [2.05, 4.69) is 15.2 Å². The van der Waals surface area contributed by atoms with Crippen molar-refractivity contribution in [2.45, 2.75) is 6.04 Å². The number of anilines is 2. The molecule has 2 aliphatic heterocycles. The minimum atomic E-state index is -0.696. The molecular weight excluding hydrogens is 475 g/mol. The molecule has 2 heterocycles. The van der Waals surface area contributed by atoms with Crippen LogP contribution in [0.2, 0.25) is 0 Å². The standard InChI is InChI=1S/C28H27FN4O4/c1-36-22-15-23-26(25(16-22)37-2)24(17-34)31-27(30-23)18-5-9-21(10-6-18)32-11-13-33(14-12-32)28(35)19-3-7-20(29)8-4-19/h3-10,15-17,24H,11-14H2,1-2H3,(H,30,31). The minimum Gasteiger partial charge on any atom is -0.497 e. The van der Waals surface area contributed by atoms with Crippen LogP contribution >= 0.6 is 0 Å². The summed E-state index contributed by atoms with van der Waals surface area (Å²) in [6, 6.07) is 16.4. The summed E-state index contributed by atoms with van der Waals surface area (Å²) in [7, 11) is 3.13. The van der Waals surface area contributed by atoms with Gasteiger partial charge in [0.2, 0.25) is 0 Å². The molecule has 1 fully saturated rings. The van der Waals surface area contributed by atoms with Gasteiger partial charge >= 0.3 is 0 Å². The molecule has 0 radical (unpaired) electrons. The molecule has 0 bridgehead atoms. The van der Waals surface area contributed by atoms with Gasteiger partial charge in [-0.1, -0.05) is 0 Å². The average Bonchev–Trinajstić information content (AvgIpc) is 2.96. The minimum absolute atomic E-state index is 0.0883. The molecule has 0 aromatic heterocycles. The fraction of sp³-hybridized carbons (Fsp3) is 0.250. The second kappa shape index (κ2) is 10.3. The van der Waals surface area contributed by atoms with Crippen molar-refractivity contribution in [3.63, 3.8) is 0 Å². The number of halogens is 1. The molecule has 3 aromatic carbocycles. The summed E-state index contributed by atoms with van der Waals surface area (Å²) >= 11 is 0. The zero-order valence-electron chi connectivity index (χ0n) is 20.6. The van der Waals surface area contributed by atoms with E-state index in [1.54, 1.807) is 25.2 Å². The smallest absolute Gasteiger partial charge is 0.253 e. The number of nitrogens with zero attached hydrogens (tertiary/aromatic N) is 3. The van der Waals surface area contributed by atoms with Crippen molar-refractivity contribution in [1.29, 1.82) is 0 Å². The number of hydrogen-bond acceptors (Lipinski definition) is 7. The van der Waals surface area contributed by atoms with E-state index in [-0.39, 0.29) is 11.7 Å². The highest BCUT2D eigenvalue weighted by Gasteiger charge is 2.27. The van der Waals surface area contributed by atoms with Crippen LogP contribution in [0, 0.1) is 5.82 Å². The number of aldehydes is 1. The van der Waals surface area contributed by atoms with Crippen molar-refractivity contribution in [2.75, 3.05) is 50.6 Å². The molecule has 5 rings (SSSR count). The zero-order valence-corrected chi connectivity index (χ0v) is 20.6. The Hall–Kier alpha value is -4.40. The van der Waals surface area contributed by atoms with Gasteiger partial charge in [-0.2, -0.15) is 0 Å². The Morgan fingerprint density at radius 2 is 1.70 bits per heavy atom. The topological polar surface area (TPSA) is 83.5 Å². The van der Waals surface area contributed by atoms with Crippen molar-refractivity contribution in [3.05, 3.63) is 83.2 Å². The number of hydrogen-bond donors (Lipinski definition) is 1. The molecule has 1 N–H and O–H groups in total. The number of amidine groups is 1. The predicted octanol–water partition coefficient (Wildman–Crippen LogP) is 3.92. The van der Waals surface area contributed by atoms with E-state index >= 15 is 0 Å². The number of rotatable bonds is 6. The Balaban J connectivity index is 1.28. The summed E-state index contributed by atoms with van der Waals surface area (Å²) < 4.78 is 24.0. The van der Waals surface area contributed by atoms with Gasteiger partial charge in [0.05, 0.1) is 19.9 Å². The number of piperazine rings is 1. The number of amides is 1. The molecule has 0 saturated carbocycles. The molecule has 0 spiro atoms. The molecular formula is C28H27FN4O4. The lowest BCUT2D eigenvalue weighted by Gasteiger charge is -2.36. The van der Waals surface area contributed by atoms with Gasteiger partial charge in [-0.25, -0.2) is 4.39 Å². The number of nitrogens with one attached hydrogen (secondary N) is 1. The summed E-state index contributed by atoms with van der Waals surface area (Å²) in [5.41, 5.74) is 3.75. The quantitative estimate of drug-likeness (QED) is 0.515. The van der Waals surface area contributed by atoms with Crippen molar-refractivity contribution in [2.24, 2.45) is 4.99 Å². The Bertz CT molecular complexity index is 1330. The first-order valence-electron chi connectivity index (χ1n) is 12.0. The number of aliphatic imine (C=N–C) groups is 1. The molecule has 190 valence electrons. The van der Waals surface area contributed by atoms with Gasteiger partial charge in [0.1, 0.15) is 35.5 Å². The van der Waals surface area contributed by atoms with Crippen LogP contribution in [0.5, 0.6) is 11.5 Å². The maximum absolute atomic E-state index is 13.2. The Labute approximate surface area is 214 Å². The Morgan fingerprint density at radius 3 is 2.32 bits per heavy atom. The molecule has 1 unspecified atom stereocenters. The van der Waals surface area contributed by atoms with E-state index in [1.165, 1.54) is 24.3 Å². The number of benzene rings is 3. The number of carbonyl (C=O) groups is 2. The van der Waals surface area contributed by atoms with Crippen LogP contribution in [-0.2, 0) is 4.79 Å². The van der Waals surface area contributed by atoms with Crippen LogP contribution in [0.3, 0.4) is 0 Å². The van der Waals surface area contributed by atoms with Crippen molar-refractivity contribution >= 4 is 29.4 Å². The van der Waals surface area contributed by atoms with Gasteiger partial charge in [-0.3, -0.25) is 9.79 Å². The van der Waals surface area contributed by atoms with E-state index in [0.717, 1.165) is 17.5 Å². The lowest BCUT2D eigenvalue weighted by atomic mass is 10.0. The number of methoxy groups -OCH3 is 2. The van der Waals surface area contributed by atoms with Crippen LogP contribution in [0.25, 0.3) is 0 Å². The first-order valence-corrected chi connectivity index (χ1v) is 12.0. The number of ether oxygens (including phenoxy) is 2. The van der Waals surface area contributed by atoms with Crippen molar-refractivity contribution < 1.29 is 23.5 Å². The largest absolute Gasteiger partial charge is 0.497 e. The highest BCUT2D eigenvalue weighted by molar-refractivity contribution is 6.11. The first kappa shape index (κ1) is 24.3. The molecule has 37 heavy (non-hydrogen) atoms. The van der Waals surface area contributed by atoms with Gasteiger partial charge in [-0.05, 0) is 48.5 Å². The SMILES string of the molecule is COc1cc2c(c(OC)c1)C(C=O)N=C(c1ccc(N3CCN(C(=O)c4ccc(F)cc4)CC3)cc1)N2. The van der Waals surface area contributed by atoms with Gasteiger partial charge in [0.25, 0.3) is 5.91 Å². The monoisotopic (exact) mass is 502 g/mol. The normalized spacial score (nSPS) is 16.8. The van der Waals surface area contributed by atoms with Crippen LogP contribution in [-0.4, -0.2) is 63.3 Å². The third kappa shape index (κ3) is 4.84. The van der Waals surface area contributed by atoms with Crippen molar-refractivity contribution in [1.82, 2.24) is 4.90 Å². The van der Waals surface area contributed by atoms with Crippen LogP contribution in [0.4, 0.5) is 15.8 Å². The number of carbonyl (C=O) groups excluding carboxylic acids is 2. The van der Waals surface area contributed by atoms with E-state index in [1.807, 2.05) is 30.3 Å². The van der Waals surface area contributed by atoms with E-state index in [0.29, 0.717) is 60.3 Å². The molecule has 1 saturated heterocycles. The predicted molar refractivity (Wildman–Crippen MR) is 139 cm³/mol. The van der Waals surface area contributed by atoms with Gasteiger partial charge in [-0.15, -0.1) is 0 Å². The van der Waals surface area contributed by atoms with Gasteiger partial charge in [0, 0.05) is 60.7 Å². The van der Waals surface area contributed by atoms with Gasteiger partial charge in [0.15, 0.2) is 0 Å². The summed E-state index contributed by atoms with van der Waals surface area (Å²) in [5.74, 6) is 1.29. The van der Waals surface area contributed by atoms with Crippen LogP contribution in [0.1, 0.15) is 27.5 Å². The van der Waals surface area contributed by atoms with E-state index in [9.17, 15) is 14.0 Å². The molecule has 8 nitrogen and oxygen atoms in total. The van der Waals surface area contributed by atoms with Crippen LogP contribution < -0.4 is 19.7 Å². The van der Waals surface area contributed by atoms with E-state index in [4.69, 9.17) is 9.47 Å². The Kier molecular flexibility index (Phi) is 6.76. The number of fused-ring (bicyclic) bond motifs is 1. The van der Waals surface area contributed by atoms with Crippen LogP contribution in [0.15, 0.2) is 65.7 Å². The molecule has 3 aromatic rings. The highest BCUT2D eigenvalue weighted by Crippen LogP contribution is 2.40. The molecule has 0 aliphatic carbocycles. The fourth-order valence-corrected chi connectivity index (χ4v) is 4.68. The lowest BCUT2D eigenvalue weighted by Crippen LogP contribution is -2.48. The third-order valence-electron chi connectivity index (χ3n) is 6.68. The average molecular weight is 503 g/mol. The summed E-state index contributed by atoms with van der Waals surface area (Å²) in [6.45, 7) is 2.53. The second-order valence-electron chi connectivity index (χ2n) is 8.81. The lowest BCUT2D eigenvalue weighted by molar-refractivity contribution is -0.109. The maximum Gasteiger partial charge on any atom is 0.253 e. The first-order chi connectivity index (χ1) is 18.0. The molecule has 2 aliphatic rings. The summed E-state index contributed by atoms with van der Waals surface area (Å²) in [6.07, 6.45) is 0.801. The molecule has 9 heteroatoms. The summed E-state index contributed by atoms with van der Waals surface area (Å²) in [4.78, 5) is 33.2. The van der Waals surface area contributed by atoms with E-state index < -0.39 is 6.04 Å². The Morgan fingerprint density at radius 1 is 1.00 bits per heavy atom. The highest BCUT2D eigenvalue weighted by atomic mass is 19.1. The van der Waals surface area contributed by atoms with Crippen molar-refractivity contribution in [3.8, 4) is 11.5 Å². The second-order valence-corrected chi connectivity index (χ2v) is 8.81. The fourth-order valence-electron chi connectivity index (χ4n) is 4.68. The molecule has 1 atom stereocenters. The summed E-state index contributed by atoms with van der Waals surface area (Å²) in [5, 5.41) is 3.31. The third-order valence-corrected chi connectivity index (χ3v) is 6.68. The maximum atomic E-state index is 13.2. The van der Waals surface area contributed by atoms with Gasteiger partial charge < -0.3 is 29.4 Å².